The van der Waals surface area contributed by atoms with E-state index in [4.69, 9.17) is 0 Å². The van der Waals surface area contributed by atoms with Crippen molar-refractivity contribution in [1.29, 1.82) is 0 Å². The quantitative estimate of drug-likeness (QED) is 0.586. The van der Waals surface area contributed by atoms with Crippen molar-refractivity contribution in [3.05, 3.63) is 22.8 Å². The molecular formula is C17H22O. The van der Waals surface area contributed by atoms with E-state index in [1.54, 1.807) is 16.7 Å². The Hall–Kier alpha value is -0.850. The number of carbonyl (C=O) groups is 1. The molecule has 4 aliphatic carbocycles. The smallest absolute Gasteiger partial charge is 0.136 e. The van der Waals surface area contributed by atoms with Crippen molar-refractivity contribution in [1.82, 2.24) is 0 Å². The number of ketones is 1. The van der Waals surface area contributed by atoms with Gasteiger partial charge in [0.05, 0.1) is 0 Å². The van der Waals surface area contributed by atoms with Crippen LogP contribution in [0.15, 0.2) is 22.8 Å². The first-order chi connectivity index (χ1) is 8.62. The summed E-state index contributed by atoms with van der Waals surface area (Å²) in [5.74, 6) is 2.39. The molecule has 96 valence electrons. The second-order valence-electron chi connectivity index (χ2n) is 7.11. The van der Waals surface area contributed by atoms with E-state index in [2.05, 4.69) is 19.9 Å². The average molecular weight is 242 g/mol. The van der Waals surface area contributed by atoms with Gasteiger partial charge in [0.25, 0.3) is 0 Å². The lowest BCUT2D eigenvalue weighted by atomic mass is 9.75. The van der Waals surface area contributed by atoms with Crippen molar-refractivity contribution < 1.29 is 4.79 Å². The number of fused-ring (bicyclic) bond motifs is 1. The van der Waals surface area contributed by atoms with Crippen molar-refractivity contribution in [2.75, 3.05) is 0 Å². The van der Waals surface area contributed by atoms with Crippen LogP contribution >= 0.6 is 0 Å². The Kier molecular flexibility index (Phi) is 2.06. The first-order valence-electron chi connectivity index (χ1n) is 7.50. The summed E-state index contributed by atoms with van der Waals surface area (Å²) in [7, 11) is 0. The Labute approximate surface area is 109 Å². The van der Waals surface area contributed by atoms with Crippen molar-refractivity contribution in [2.45, 2.75) is 52.4 Å². The molecule has 0 aromatic carbocycles. The molecule has 0 aromatic heterocycles. The highest BCUT2D eigenvalue weighted by Crippen LogP contribution is 2.70. The van der Waals surface area contributed by atoms with Gasteiger partial charge in [-0.2, -0.15) is 0 Å². The summed E-state index contributed by atoms with van der Waals surface area (Å²) in [6, 6.07) is 0. The maximum absolute atomic E-state index is 12.0. The zero-order valence-electron chi connectivity index (χ0n) is 11.5. The molecule has 0 radical (unpaired) electrons. The Morgan fingerprint density at radius 1 is 1.33 bits per heavy atom. The molecule has 1 spiro atoms. The highest BCUT2D eigenvalue weighted by atomic mass is 16.1. The van der Waals surface area contributed by atoms with Crippen LogP contribution in [-0.2, 0) is 4.79 Å². The van der Waals surface area contributed by atoms with E-state index in [9.17, 15) is 4.79 Å². The molecule has 0 heterocycles. The Morgan fingerprint density at radius 2 is 2.17 bits per heavy atom. The molecule has 0 unspecified atom stereocenters. The van der Waals surface area contributed by atoms with Crippen LogP contribution in [0.2, 0.25) is 0 Å². The topological polar surface area (TPSA) is 17.1 Å². The van der Waals surface area contributed by atoms with E-state index >= 15 is 0 Å². The van der Waals surface area contributed by atoms with E-state index in [1.807, 2.05) is 0 Å². The highest BCUT2D eigenvalue weighted by Gasteiger charge is 2.66. The maximum Gasteiger partial charge on any atom is 0.136 e. The first-order valence-corrected chi connectivity index (χ1v) is 7.50. The maximum atomic E-state index is 12.0. The summed E-state index contributed by atoms with van der Waals surface area (Å²) in [6.07, 6.45) is 9.54. The van der Waals surface area contributed by atoms with Crippen molar-refractivity contribution in [2.24, 2.45) is 23.2 Å². The number of rotatable bonds is 0. The third kappa shape index (κ3) is 1.26. The molecule has 0 saturated heterocycles. The molecule has 1 nitrogen and oxygen atoms in total. The molecule has 0 bridgehead atoms. The van der Waals surface area contributed by atoms with Gasteiger partial charge in [-0.05, 0) is 57.3 Å². The number of hydrogen-bond acceptors (Lipinski definition) is 1. The molecule has 18 heavy (non-hydrogen) atoms. The molecule has 0 aliphatic heterocycles. The SMILES string of the molecule is CC1=C2C[C@]34C[C@H]3C(=O)C[C@H]4C/C=C(/C)[C@@H]2CC1. The predicted molar refractivity (Wildman–Crippen MR) is 72.1 cm³/mol. The molecule has 0 N–H and O–H groups in total. The Bertz CT molecular complexity index is 496. The zero-order chi connectivity index (χ0) is 12.5. The normalized spacial score (nSPS) is 48.9. The minimum absolute atomic E-state index is 0.410. The predicted octanol–water partition coefficient (Wildman–Crippen LogP) is 4.05. The molecule has 4 rings (SSSR count). The van der Waals surface area contributed by atoms with Gasteiger partial charge >= 0.3 is 0 Å². The lowest BCUT2D eigenvalue weighted by Gasteiger charge is -2.29. The van der Waals surface area contributed by atoms with Crippen LogP contribution < -0.4 is 0 Å². The van der Waals surface area contributed by atoms with Crippen molar-refractivity contribution in [3.63, 3.8) is 0 Å². The van der Waals surface area contributed by atoms with Crippen LogP contribution in [0.3, 0.4) is 0 Å². The van der Waals surface area contributed by atoms with Gasteiger partial charge in [-0.3, -0.25) is 4.79 Å². The fraction of sp³-hybridized carbons (Fsp3) is 0.706. The standard InChI is InChI=1S/C17H22O/c1-10-3-5-12-7-16(18)15-9-17(12,15)8-14-11(2)4-6-13(10)14/h3,12-13,15H,4-9H2,1-2H3/b10-3-/t12-,13+,15+,17-/m1/s1. The van der Waals surface area contributed by atoms with Gasteiger partial charge < -0.3 is 0 Å². The molecule has 0 amide bonds. The second-order valence-corrected chi connectivity index (χ2v) is 7.11. The van der Waals surface area contributed by atoms with Crippen LogP contribution in [0.25, 0.3) is 0 Å². The van der Waals surface area contributed by atoms with E-state index in [0.717, 1.165) is 18.8 Å². The summed E-state index contributed by atoms with van der Waals surface area (Å²) < 4.78 is 0. The number of hydrogen-bond donors (Lipinski definition) is 0. The second kappa shape index (κ2) is 3.37. The van der Waals surface area contributed by atoms with E-state index in [0.29, 0.717) is 23.0 Å². The van der Waals surface area contributed by atoms with E-state index < -0.39 is 0 Å². The molecule has 4 atom stereocenters. The van der Waals surface area contributed by atoms with Gasteiger partial charge in [0.2, 0.25) is 0 Å². The summed E-state index contributed by atoms with van der Waals surface area (Å²) in [5.41, 5.74) is 5.33. The van der Waals surface area contributed by atoms with Crippen molar-refractivity contribution >= 4 is 5.78 Å². The zero-order valence-corrected chi connectivity index (χ0v) is 11.5. The van der Waals surface area contributed by atoms with Crippen LogP contribution in [-0.4, -0.2) is 5.78 Å². The average Bonchev–Trinajstić information content (AvgIpc) is 2.88. The lowest BCUT2D eigenvalue weighted by Crippen LogP contribution is -2.19. The van der Waals surface area contributed by atoms with Gasteiger partial charge in [-0.15, -0.1) is 0 Å². The van der Waals surface area contributed by atoms with Crippen LogP contribution in [0.1, 0.15) is 52.4 Å². The Balaban J connectivity index is 1.78. The van der Waals surface area contributed by atoms with Crippen LogP contribution in [0.4, 0.5) is 0 Å². The fourth-order valence-electron chi connectivity index (χ4n) is 5.05. The van der Waals surface area contributed by atoms with E-state index in [1.165, 1.54) is 25.7 Å². The highest BCUT2D eigenvalue weighted by molar-refractivity contribution is 5.88. The van der Waals surface area contributed by atoms with Gasteiger partial charge in [-0.1, -0.05) is 22.8 Å². The minimum Gasteiger partial charge on any atom is -0.299 e. The third-order valence-electron chi connectivity index (χ3n) is 6.34. The fourth-order valence-corrected chi connectivity index (χ4v) is 5.05. The third-order valence-corrected chi connectivity index (χ3v) is 6.34. The molecule has 2 fully saturated rings. The number of carbonyl (C=O) groups excluding carboxylic acids is 1. The van der Waals surface area contributed by atoms with Crippen LogP contribution in [0, 0.1) is 23.2 Å². The molecule has 1 heteroatoms. The lowest BCUT2D eigenvalue weighted by molar-refractivity contribution is -0.119. The summed E-state index contributed by atoms with van der Waals surface area (Å²) in [5, 5.41) is 0. The van der Waals surface area contributed by atoms with Gasteiger partial charge in [0.1, 0.15) is 5.78 Å². The largest absolute Gasteiger partial charge is 0.299 e. The minimum atomic E-state index is 0.410. The summed E-state index contributed by atoms with van der Waals surface area (Å²) in [6.45, 7) is 4.63. The molecular weight excluding hydrogens is 220 g/mol. The van der Waals surface area contributed by atoms with Crippen LogP contribution in [0.5, 0.6) is 0 Å². The number of allylic oxidation sites excluding steroid dienone is 4. The monoisotopic (exact) mass is 242 g/mol. The van der Waals surface area contributed by atoms with E-state index in [-0.39, 0.29) is 0 Å². The Morgan fingerprint density at radius 3 is 2.94 bits per heavy atom. The van der Waals surface area contributed by atoms with Crippen molar-refractivity contribution in [3.8, 4) is 0 Å². The van der Waals surface area contributed by atoms with Gasteiger partial charge in [-0.25, -0.2) is 0 Å². The summed E-state index contributed by atoms with van der Waals surface area (Å²) in [4.78, 5) is 12.0. The number of Topliss-reactive ketones (excluding diaryl/α,β-unsaturated/α-hetero) is 1. The van der Waals surface area contributed by atoms with Gasteiger partial charge in [0.15, 0.2) is 0 Å². The summed E-state index contributed by atoms with van der Waals surface area (Å²) >= 11 is 0. The molecule has 0 aromatic rings. The van der Waals surface area contributed by atoms with Gasteiger partial charge in [0, 0.05) is 18.3 Å². The first kappa shape index (κ1) is 11.0. The molecule has 4 aliphatic rings. The molecule has 2 saturated carbocycles.